The molecule has 0 unspecified atom stereocenters. The van der Waals surface area contributed by atoms with Gasteiger partial charge < -0.3 is 15.1 Å². The third kappa shape index (κ3) is 5.30. The van der Waals surface area contributed by atoms with E-state index in [9.17, 15) is 0 Å². The number of guanidine groups is 1. The van der Waals surface area contributed by atoms with E-state index < -0.39 is 0 Å². The van der Waals surface area contributed by atoms with Crippen molar-refractivity contribution in [3.8, 4) is 0 Å². The van der Waals surface area contributed by atoms with Crippen LogP contribution >= 0.6 is 24.0 Å². The Bertz CT molecular complexity index is 446. The summed E-state index contributed by atoms with van der Waals surface area (Å²) >= 11 is 0. The molecule has 20 heavy (non-hydrogen) atoms. The molecule has 1 saturated carbocycles. The van der Waals surface area contributed by atoms with Gasteiger partial charge in [-0.1, -0.05) is 20.8 Å². The molecule has 5 nitrogen and oxygen atoms in total. The van der Waals surface area contributed by atoms with Gasteiger partial charge in [-0.25, -0.2) is 9.98 Å². The molecule has 0 amide bonds. The Labute approximate surface area is 138 Å². The van der Waals surface area contributed by atoms with Crippen LogP contribution in [0.3, 0.4) is 0 Å². The zero-order chi connectivity index (χ0) is 13.9. The number of hydrogen-bond acceptors (Lipinski definition) is 3. The smallest absolute Gasteiger partial charge is 0.216 e. The Morgan fingerprint density at radius 3 is 2.65 bits per heavy atom. The van der Waals surface area contributed by atoms with Crippen molar-refractivity contribution in [2.75, 3.05) is 6.54 Å². The van der Waals surface area contributed by atoms with Crippen molar-refractivity contribution in [3.63, 3.8) is 0 Å². The zero-order valence-electron chi connectivity index (χ0n) is 12.7. The van der Waals surface area contributed by atoms with Gasteiger partial charge in [0.05, 0.1) is 6.20 Å². The van der Waals surface area contributed by atoms with Crippen LogP contribution in [0, 0.1) is 0 Å². The summed E-state index contributed by atoms with van der Waals surface area (Å²) in [6.45, 7) is 9.72. The van der Waals surface area contributed by atoms with Gasteiger partial charge in [0, 0.05) is 18.0 Å². The Morgan fingerprint density at radius 2 is 2.15 bits per heavy atom. The number of rotatable bonds is 4. The van der Waals surface area contributed by atoms with Gasteiger partial charge in [0.25, 0.3) is 0 Å². The van der Waals surface area contributed by atoms with Crippen LogP contribution in [0.25, 0.3) is 0 Å². The minimum Gasteiger partial charge on any atom is -0.443 e. The van der Waals surface area contributed by atoms with Gasteiger partial charge in [-0.2, -0.15) is 0 Å². The van der Waals surface area contributed by atoms with Crippen LogP contribution in [-0.2, 0) is 12.0 Å². The summed E-state index contributed by atoms with van der Waals surface area (Å²) in [7, 11) is 0. The Hall–Kier alpha value is -0.790. The van der Waals surface area contributed by atoms with Crippen LogP contribution in [0.4, 0.5) is 0 Å². The first-order chi connectivity index (χ1) is 8.99. The average molecular weight is 392 g/mol. The number of nitrogens with one attached hydrogen (secondary N) is 2. The van der Waals surface area contributed by atoms with Gasteiger partial charge in [0.2, 0.25) is 5.89 Å². The summed E-state index contributed by atoms with van der Waals surface area (Å²) in [6, 6.07) is 0.590. The third-order valence-electron chi connectivity index (χ3n) is 2.93. The average Bonchev–Trinajstić information content (AvgIpc) is 3.00. The Balaban J connectivity index is 0.00000200. The molecule has 2 N–H and O–H groups in total. The van der Waals surface area contributed by atoms with Gasteiger partial charge in [-0.05, 0) is 19.8 Å². The molecule has 114 valence electrons. The number of oxazole rings is 1. The highest BCUT2D eigenvalue weighted by Crippen LogP contribution is 2.23. The predicted molar refractivity (Wildman–Crippen MR) is 91.6 cm³/mol. The molecule has 0 atom stereocenters. The van der Waals surface area contributed by atoms with Gasteiger partial charge in [-0.15, -0.1) is 24.0 Å². The maximum atomic E-state index is 5.72. The molecule has 0 radical (unpaired) electrons. The maximum absolute atomic E-state index is 5.72. The molecule has 0 bridgehead atoms. The van der Waals surface area contributed by atoms with Crippen LogP contribution in [0.1, 0.15) is 52.2 Å². The lowest BCUT2D eigenvalue weighted by molar-refractivity contribution is 0.383. The summed E-state index contributed by atoms with van der Waals surface area (Å²) < 4.78 is 5.72. The van der Waals surface area contributed by atoms with E-state index in [1.807, 2.05) is 0 Å². The van der Waals surface area contributed by atoms with E-state index in [4.69, 9.17) is 4.42 Å². The summed E-state index contributed by atoms with van der Waals surface area (Å²) in [5.74, 6) is 2.41. The second-order valence-electron chi connectivity index (χ2n) is 5.98. The third-order valence-corrected chi connectivity index (χ3v) is 2.93. The molecule has 1 fully saturated rings. The number of aliphatic imine (C=N–C) groups is 1. The number of halogens is 1. The second-order valence-corrected chi connectivity index (χ2v) is 5.98. The molecule has 1 heterocycles. The number of nitrogens with zero attached hydrogens (tertiary/aromatic N) is 2. The molecule has 6 heteroatoms. The lowest BCUT2D eigenvalue weighted by Crippen LogP contribution is -2.38. The summed E-state index contributed by atoms with van der Waals surface area (Å²) in [4.78, 5) is 8.78. The van der Waals surface area contributed by atoms with Crippen LogP contribution in [0.2, 0.25) is 0 Å². The van der Waals surface area contributed by atoms with E-state index in [0.717, 1.165) is 18.3 Å². The van der Waals surface area contributed by atoms with E-state index >= 15 is 0 Å². The molecular weight excluding hydrogens is 367 g/mol. The second kappa shape index (κ2) is 7.28. The molecule has 0 aliphatic heterocycles. The van der Waals surface area contributed by atoms with Crippen molar-refractivity contribution < 1.29 is 4.42 Å². The first-order valence-corrected chi connectivity index (χ1v) is 6.99. The summed E-state index contributed by atoms with van der Waals surface area (Å²) in [5.41, 5.74) is -0.00821. The Kier molecular flexibility index (Phi) is 6.29. The fourth-order valence-electron chi connectivity index (χ4n) is 1.62. The maximum Gasteiger partial charge on any atom is 0.216 e. The van der Waals surface area contributed by atoms with E-state index in [-0.39, 0.29) is 29.4 Å². The lowest BCUT2D eigenvalue weighted by Gasteiger charge is -2.13. The molecular formula is C14H25IN4O. The molecule has 1 aliphatic carbocycles. The molecule has 0 saturated heterocycles. The fraction of sp³-hybridized carbons (Fsp3) is 0.714. The summed E-state index contributed by atoms with van der Waals surface area (Å²) in [6.07, 6.45) is 4.27. The standard InChI is InChI=1S/C14H24N4O.HI/c1-5-15-13(18-10-6-7-10)17-9-12-16-8-11(19-12)14(2,3)4;/h8,10H,5-7,9H2,1-4H3,(H2,15,17,18);1H. The van der Waals surface area contributed by atoms with Crippen molar-refractivity contribution in [2.45, 2.75) is 58.5 Å². The van der Waals surface area contributed by atoms with Crippen LogP contribution < -0.4 is 10.6 Å². The van der Waals surface area contributed by atoms with Gasteiger partial charge in [-0.3, -0.25) is 0 Å². The van der Waals surface area contributed by atoms with Gasteiger partial charge in [0.15, 0.2) is 5.96 Å². The SMILES string of the molecule is CCNC(=NCc1ncc(C(C)(C)C)o1)NC1CC1.I. The highest BCUT2D eigenvalue weighted by Gasteiger charge is 2.22. The molecule has 1 aliphatic rings. The van der Waals surface area contributed by atoms with Gasteiger partial charge >= 0.3 is 0 Å². The Morgan fingerprint density at radius 1 is 1.45 bits per heavy atom. The van der Waals surface area contributed by atoms with Crippen LogP contribution in [0.15, 0.2) is 15.6 Å². The van der Waals surface area contributed by atoms with Crippen molar-refractivity contribution in [1.82, 2.24) is 15.6 Å². The van der Waals surface area contributed by atoms with Crippen molar-refractivity contribution in [3.05, 3.63) is 17.8 Å². The number of aromatic nitrogens is 1. The monoisotopic (exact) mass is 392 g/mol. The highest BCUT2D eigenvalue weighted by molar-refractivity contribution is 14.0. The zero-order valence-corrected chi connectivity index (χ0v) is 15.0. The van der Waals surface area contributed by atoms with E-state index in [2.05, 4.69) is 48.3 Å². The van der Waals surface area contributed by atoms with Crippen molar-refractivity contribution in [1.29, 1.82) is 0 Å². The first-order valence-electron chi connectivity index (χ1n) is 6.99. The topological polar surface area (TPSA) is 62.5 Å². The minimum atomic E-state index is -0.00821. The molecule has 0 spiro atoms. The molecule has 2 rings (SSSR count). The van der Waals surface area contributed by atoms with Crippen molar-refractivity contribution in [2.24, 2.45) is 4.99 Å². The minimum absolute atomic E-state index is 0. The summed E-state index contributed by atoms with van der Waals surface area (Å²) in [5, 5.41) is 6.60. The van der Waals surface area contributed by atoms with Crippen LogP contribution in [-0.4, -0.2) is 23.5 Å². The van der Waals surface area contributed by atoms with E-state index in [1.54, 1.807) is 6.20 Å². The fourth-order valence-corrected chi connectivity index (χ4v) is 1.62. The molecule has 1 aromatic rings. The first kappa shape index (κ1) is 17.3. The highest BCUT2D eigenvalue weighted by atomic mass is 127. The normalized spacial score (nSPS) is 15.7. The quantitative estimate of drug-likeness (QED) is 0.470. The number of hydrogen-bond donors (Lipinski definition) is 2. The van der Waals surface area contributed by atoms with Crippen LogP contribution in [0.5, 0.6) is 0 Å². The lowest BCUT2D eigenvalue weighted by atomic mass is 9.94. The van der Waals surface area contributed by atoms with Gasteiger partial charge in [0.1, 0.15) is 12.3 Å². The van der Waals surface area contributed by atoms with E-state index in [1.165, 1.54) is 12.8 Å². The molecule has 0 aromatic carbocycles. The largest absolute Gasteiger partial charge is 0.443 e. The van der Waals surface area contributed by atoms with E-state index in [0.29, 0.717) is 18.5 Å². The predicted octanol–water partition coefficient (Wildman–Crippen LogP) is 2.81. The molecule has 1 aromatic heterocycles. The van der Waals surface area contributed by atoms with Crippen molar-refractivity contribution >= 4 is 29.9 Å².